The Bertz CT molecular complexity index is 1360. The molecule has 3 aromatic carbocycles. The second-order valence-electron chi connectivity index (χ2n) is 11.9. The largest absolute Gasteiger partial charge is 1.00 e. The first kappa shape index (κ1) is 32.3. The number of halogens is 2. The van der Waals surface area contributed by atoms with Crippen LogP contribution in [0.3, 0.4) is 0 Å². The van der Waals surface area contributed by atoms with Crippen molar-refractivity contribution < 1.29 is 43.7 Å². The summed E-state index contributed by atoms with van der Waals surface area (Å²) in [7, 11) is 0. The second-order valence-corrected chi connectivity index (χ2v) is 29.5. The van der Waals surface area contributed by atoms with Gasteiger partial charge in [-0.2, -0.15) is 0 Å². The number of aryl methyl sites for hydroxylation is 4. The molecule has 0 spiro atoms. The molecule has 2 unspecified atom stereocenters. The van der Waals surface area contributed by atoms with E-state index in [1.165, 1.54) is 40.9 Å². The summed E-state index contributed by atoms with van der Waals surface area (Å²) in [5, 5.41) is 0. The Kier molecular flexibility index (Phi) is 10.9. The van der Waals surface area contributed by atoms with E-state index in [9.17, 15) is 0 Å². The number of allylic oxidation sites excluding steroid dienone is 2. The summed E-state index contributed by atoms with van der Waals surface area (Å²) in [6, 6.07) is 21.5. The van der Waals surface area contributed by atoms with Crippen molar-refractivity contribution in [3.8, 4) is 0 Å². The van der Waals surface area contributed by atoms with E-state index >= 15 is 0 Å². The monoisotopic (exact) mass is 651 g/mol. The van der Waals surface area contributed by atoms with Crippen molar-refractivity contribution in [3.63, 3.8) is 0 Å². The number of benzene rings is 3. The van der Waals surface area contributed by atoms with Crippen LogP contribution in [0.4, 0.5) is 0 Å². The van der Waals surface area contributed by atoms with Crippen LogP contribution in [0.2, 0.25) is 0 Å². The van der Waals surface area contributed by atoms with Crippen LogP contribution in [0, 0.1) is 13.8 Å². The molecule has 0 amide bonds. The Balaban J connectivity index is 0.00000210. The molecular formula is C35H43Cl2SiZr. The Morgan fingerprint density at radius 2 is 1.10 bits per heavy atom. The van der Waals surface area contributed by atoms with Gasteiger partial charge in [-0.1, -0.05) is 0 Å². The fraction of sp³-hybridized carbons (Fsp3) is 0.371. The van der Waals surface area contributed by atoms with E-state index in [0.29, 0.717) is 7.25 Å². The van der Waals surface area contributed by atoms with Crippen molar-refractivity contribution in [2.24, 2.45) is 0 Å². The van der Waals surface area contributed by atoms with Gasteiger partial charge >= 0.3 is 232 Å². The predicted molar refractivity (Wildman–Crippen MR) is 162 cm³/mol. The minimum absolute atomic E-state index is 0. The van der Waals surface area contributed by atoms with Gasteiger partial charge in [0.15, 0.2) is 0 Å². The average Bonchev–Trinajstić information content (AvgIpc) is 3.36. The van der Waals surface area contributed by atoms with Gasteiger partial charge in [0, 0.05) is 0 Å². The summed E-state index contributed by atoms with van der Waals surface area (Å²) in [5.41, 5.74) is 17.2. The van der Waals surface area contributed by atoms with E-state index in [4.69, 9.17) is 0 Å². The molecule has 2 atom stereocenters. The van der Waals surface area contributed by atoms with E-state index in [-0.39, 0.29) is 24.8 Å². The molecule has 39 heavy (non-hydrogen) atoms. The van der Waals surface area contributed by atoms with E-state index in [1.807, 2.05) is 0 Å². The standard InChI is InChI=1S/2C14H17.C7H7.2ClH.H2Si.Zr/c2*1-4-5-12-6-10(2)7-13-8-11(3)9-14(12)13;1-7-5-3-2-4-6-7;;;;/h2*6-9H,4-5H2,1-3H3;2-6H,1H2;2*1H;1H2;/q;;;;;;+2/p-2. The van der Waals surface area contributed by atoms with Crippen molar-refractivity contribution in [1.82, 2.24) is 0 Å². The quantitative estimate of drug-likeness (QED) is 0.329. The first-order valence-corrected chi connectivity index (χ1v) is 24.8. The minimum Gasteiger partial charge on any atom is -1.00 e. The molecular weight excluding hydrogens is 611 g/mol. The van der Waals surface area contributed by atoms with Gasteiger partial charge in [0.25, 0.3) is 0 Å². The van der Waals surface area contributed by atoms with Crippen LogP contribution < -0.4 is 24.8 Å². The summed E-state index contributed by atoms with van der Waals surface area (Å²) < 4.78 is 2.52. The maximum absolute atomic E-state index is 3.05. The molecule has 3 aromatic rings. The van der Waals surface area contributed by atoms with E-state index in [0.717, 1.165) is 0 Å². The van der Waals surface area contributed by atoms with Crippen LogP contribution in [0.15, 0.2) is 65.7 Å². The van der Waals surface area contributed by atoms with Crippen LogP contribution in [-0.2, 0) is 35.9 Å². The summed E-state index contributed by atoms with van der Waals surface area (Å²) in [6.07, 6.45) is 9.94. The van der Waals surface area contributed by atoms with Gasteiger partial charge in [-0.25, -0.2) is 0 Å². The Hall–Kier alpha value is -1.18. The van der Waals surface area contributed by atoms with Crippen molar-refractivity contribution in [2.45, 2.75) is 78.6 Å². The maximum Gasteiger partial charge on any atom is -1.00 e. The van der Waals surface area contributed by atoms with Crippen molar-refractivity contribution in [3.05, 3.63) is 116 Å². The fourth-order valence-electron chi connectivity index (χ4n) is 7.57. The molecule has 0 bridgehead atoms. The first-order valence-electron chi connectivity index (χ1n) is 14.3. The number of hydrogen-bond acceptors (Lipinski definition) is 0. The Labute approximate surface area is 255 Å². The van der Waals surface area contributed by atoms with Gasteiger partial charge < -0.3 is 24.8 Å². The zero-order valence-electron chi connectivity index (χ0n) is 24.5. The van der Waals surface area contributed by atoms with E-state index < -0.39 is 18.9 Å². The normalized spacial score (nSPS) is 17.9. The van der Waals surface area contributed by atoms with Crippen molar-refractivity contribution >= 4 is 19.0 Å². The van der Waals surface area contributed by atoms with Gasteiger partial charge in [0.2, 0.25) is 0 Å². The SMILES string of the molecule is CCCc1cc(C)cc2c1C=C(C)[CH]2[Zr+2](=[SiH2])([CH2]c1ccccc1)[CH]1C(C)=Cc2c(CCC)cc(C)cc21.[Cl-].[Cl-]. The van der Waals surface area contributed by atoms with Crippen LogP contribution >= 0.6 is 0 Å². The zero-order valence-corrected chi connectivity index (χ0v) is 29.9. The van der Waals surface area contributed by atoms with Gasteiger partial charge in [0.05, 0.1) is 0 Å². The minimum atomic E-state index is -3.05. The third-order valence-corrected chi connectivity index (χ3v) is 27.1. The third kappa shape index (κ3) is 6.06. The van der Waals surface area contributed by atoms with Crippen molar-refractivity contribution in [1.29, 1.82) is 0 Å². The summed E-state index contributed by atoms with van der Waals surface area (Å²) >= 11 is -3.05. The number of hydrogen-bond donors (Lipinski definition) is 0. The molecule has 0 radical (unpaired) electrons. The van der Waals surface area contributed by atoms with Gasteiger partial charge in [-0.05, 0) is 0 Å². The maximum atomic E-state index is 2.59. The Morgan fingerprint density at radius 3 is 1.51 bits per heavy atom. The molecule has 0 N–H and O–H groups in total. The summed E-state index contributed by atoms with van der Waals surface area (Å²) in [5.74, 6) is 0. The van der Waals surface area contributed by atoms with Crippen LogP contribution in [-0.4, -0.2) is 6.88 Å². The van der Waals surface area contributed by atoms with E-state index in [1.54, 1.807) is 50.1 Å². The fourth-order valence-corrected chi connectivity index (χ4v) is 29.0. The predicted octanol–water partition coefficient (Wildman–Crippen LogP) is 2.73. The molecule has 5 rings (SSSR count). The van der Waals surface area contributed by atoms with Crippen LogP contribution in [0.5, 0.6) is 0 Å². The van der Waals surface area contributed by atoms with Gasteiger partial charge in [0.1, 0.15) is 0 Å². The van der Waals surface area contributed by atoms with Crippen LogP contribution in [0.25, 0.3) is 12.2 Å². The molecule has 0 heterocycles. The smallest absolute Gasteiger partial charge is 1.00 e. The number of fused-ring (bicyclic) bond motifs is 2. The van der Waals surface area contributed by atoms with Crippen LogP contribution in [0.1, 0.15) is 97.9 Å². The average molecular weight is 654 g/mol. The third-order valence-electron chi connectivity index (χ3n) is 8.73. The summed E-state index contributed by atoms with van der Waals surface area (Å²) in [6.45, 7) is 16.7. The molecule has 0 aromatic heterocycles. The van der Waals surface area contributed by atoms with Crippen molar-refractivity contribution in [2.75, 3.05) is 0 Å². The molecule has 0 nitrogen and oxygen atoms in total. The second kappa shape index (κ2) is 13.2. The topological polar surface area (TPSA) is 0 Å². The molecule has 0 aliphatic heterocycles. The molecule has 0 saturated carbocycles. The molecule has 2 aliphatic rings. The van der Waals surface area contributed by atoms with Gasteiger partial charge in [-0.15, -0.1) is 0 Å². The molecule has 2 aliphatic carbocycles. The zero-order chi connectivity index (χ0) is 26.3. The summed E-state index contributed by atoms with van der Waals surface area (Å²) in [4.78, 5) is 0. The molecule has 205 valence electrons. The van der Waals surface area contributed by atoms with Gasteiger partial charge in [-0.3, -0.25) is 0 Å². The molecule has 4 heteroatoms. The first-order chi connectivity index (χ1) is 17.8. The Morgan fingerprint density at radius 1 is 0.667 bits per heavy atom. The molecule has 0 fully saturated rings. The van der Waals surface area contributed by atoms with E-state index in [2.05, 4.69) is 115 Å². The number of rotatable bonds is 8. The molecule has 0 saturated heterocycles.